The quantitative estimate of drug-likeness (QED) is 0.915. The second kappa shape index (κ2) is 5.07. The molecule has 4 nitrogen and oxygen atoms in total. The maximum absolute atomic E-state index is 12.8. The third kappa shape index (κ3) is 2.49. The van der Waals surface area contributed by atoms with E-state index in [-0.39, 0.29) is 10.9 Å². The predicted octanol–water partition coefficient (Wildman–Crippen LogP) is 3.07. The van der Waals surface area contributed by atoms with Gasteiger partial charge in [0, 0.05) is 28.7 Å². The van der Waals surface area contributed by atoms with Crippen molar-refractivity contribution in [3.05, 3.63) is 35.0 Å². The van der Waals surface area contributed by atoms with Crippen LogP contribution in [0.3, 0.4) is 0 Å². The standard InChI is InChI=1S/C14H15F3N2O2/c1-3-19-7(2)11(12(18)13(20)21)9-6-8(14(15,16)17)4-5-10(9)19/h4-6,12H,3,18H2,1-2H3,(H,20,21). The summed E-state index contributed by atoms with van der Waals surface area (Å²) >= 11 is 0. The fraction of sp³-hybridized carbons (Fsp3) is 0.357. The summed E-state index contributed by atoms with van der Waals surface area (Å²) in [4.78, 5) is 11.1. The molecule has 1 aromatic heterocycles. The minimum absolute atomic E-state index is 0.227. The van der Waals surface area contributed by atoms with Gasteiger partial charge in [0.05, 0.1) is 5.56 Å². The van der Waals surface area contributed by atoms with Crippen LogP contribution in [0, 0.1) is 6.92 Å². The van der Waals surface area contributed by atoms with Crippen molar-refractivity contribution in [2.45, 2.75) is 32.6 Å². The van der Waals surface area contributed by atoms with Gasteiger partial charge in [-0.25, -0.2) is 0 Å². The number of aromatic nitrogens is 1. The summed E-state index contributed by atoms with van der Waals surface area (Å²) in [5.74, 6) is -1.27. The van der Waals surface area contributed by atoms with Crippen molar-refractivity contribution in [3.8, 4) is 0 Å². The smallest absolute Gasteiger partial charge is 0.416 e. The van der Waals surface area contributed by atoms with Crippen LogP contribution in [0.2, 0.25) is 0 Å². The fourth-order valence-corrected chi connectivity index (χ4v) is 2.61. The fourth-order valence-electron chi connectivity index (χ4n) is 2.61. The molecule has 0 bridgehead atoms. The van der Waals surface area contributed by atoms with Crippen molar-refractivity contribution in [1.82, 2.24) is 4.57 Å². The highest BCUT2D eigenvalue weighted by molar-refractivity contribution is 5.91. The third-order valence-electron chi connectivity index (χ3n) is 3.59. The minimum atomic E-state index is -4.49. The molecule has 1 atom stereocenters. The average Bonchev–Trinajstić information content (AvgIpc) is 2.67. The second-order valence-electron chi connectivity index (χ2n) is 4.79. The number of halogens is 3. The molecule has 1 unspecified atom stereocenters. The molecular formula is C14H15F3N2O2. The zero-order valence-electron chi connectivity index (χ0n) is 11.5. The number of alkyl halides is 3. The van der Waals surface area contributed by atoms with E-state index in [2.05, 4.69) is 0 Å². The van der Waals surface area contributed by atoms with Crippen LogP contribution in [0.25, 0.3) is 10.9 Å². The number of carboxylic acids is 1. The van der Waals surface area contributed by atoms with Crippen molar-refractivity contribution in [2.24, 2.45) is 5.73 Å². The van der Waals surface area contributed by atoms with E-state index in [1.54, 1.807) is 11.5 Å². The molecule has 2 rings (SSSR count). The SMILES string of the molecule is CCn1c(C)c(C(N)C(=O)O)c2cc(C(F)(F)F)ccc21. The van der Waals surface area contributed by atoms with Crippen LogP contribution < -0.4 is 5.73 Å². The number of carbonyl (C=O) groups is 1. The highest BCUT2D eigenvalue weighted by Gasteiger charge is 2.32. The van der Waals surface area contributed by atoms with Crippen LogP contribution in [0.15, 0.2) is 18.2 Å². The molecular weight excluding hydrogens is 285 g/mol. The molecule has 0 radical (unpaired) electrons. The summed E-state index contributed by atoms with van der Waals surface area (Å²) in [5, 5.41) is 9.31. The number of fused-ring (bicyclic) bond motifs is 1. The first-order chi connectivity index (χ1) is 9.68. The number of nitrogens with two attached hydrogens (primary N) is 1. The van der Waals surface area contributed by atoms with Crippen LogP contribution in [-0.4, -0.2) is 15.6 Å². The van der Waals surface area contributed by atoms with E-state index < -0.39 is 23.8 Å². The molecule has 2 aromatic rings. The van der Waals surface area contributed by atoms with E-state index >= 15 is 0 Å². The topological polar surface area (TPSA) is 68.2 Å². The second-order valence-corrected chi connectivity index (χ2v) is 4.79. The summed E-state index contributed by atoms with van der Waals surface area (Å²) in [7, 11) is 0. The number of hydrogen-bond acceptors (Lipinski definition) is 2. The first-order valence-electron chi connectivity index (χ1n) is 6.36. The highest BCUT2D eigenvalue weighted by Crippen LogP contribution is 2.36. The van der Waals surface area contributed by atoms with Crippen molar-refractivity contribution in [2.75, 3.05) is 0 Å². The maximum atomic E-state index is 12.8. The molecule has 0 aliphatic carbocycles. The van der Waals surface area contributed by atoms with Gasteiger partial charge in [0.25, 0.3) is 0 Å². The number of rotatable bonds is 3. The molecule has 1 aromatic carbocycles. The Morgan fingerprint density at radius 2 is 2.05 bits per heavy atom. The summed E-state index contributed by atoms with van der Waals surface area (Å²) in [6, 6.07) is 1.95. The zero-order chi connectivity index (χ0) is 15.9. The van der Waals surface area contributed by atoms with Crippen LogP contribution >= 0.6 is 0 Å². The van der Waals surface area contributed by atoms with Gasteiger partial charge in [-0.3, -0.25) is 4.79 Å². The Bertz CT molecular complexity index is 704. The lowest BCUT2D eigenvalue weighted by Gasteiger charge is -2.09. The minimum Gasteiger partial charge on any atom is -0.480 e. The molecule has 3 N–H and O–H groups in total. The number of hydrogen-bond donors (Lipinski definition) is 2. The lowest BCUT2D eigenvalue weighted by molar-refractivity contribution is -0.139. The van der Waals surface area contributed by atoms with Gasteiger partial charge in [0.2, 0.25) is 0 Å². The van der Waals surface area contributed by atoms with Crippen molar-refractivity contribution < 1.29 is 23.1 Å². The summed E-state index contributed by atoms with van der Waals surface area (Å²) in [6.07, 6.45) is -4.49. The van der Waals surface area contributed by atoms with E-state index in [9.17, 15) is 18.0 Å². The Morgan fingerprint density at radius 1 is 1.43 bits per heavy atom. The number of benzene rings is 1. The highest BCUT2D eigenvalue weighted by atomic mass is 19.4. The van der Waals surface area contributed by atoms with Gasteiger partial charge in [0.15, 0.2) is 0 Å². The lowest BCUT2D eigenvalue weighted by atomic mass is 10.0. The molecule has 0 aliphatic heterocycles. The van der Waals surface area contributed by atoms with Crippen molar-refractivity contribution in [3.63, 3.8) is 0 Å². The third-order valence-corrected chi connectivity index (χ3v) is 3.59. The average molecular weight is 300 g/mol. The largest absolute Gasteiger partial charge is 0.480 e. The van der Waals surface area contributed by atoms with Gasteiger partial charge in [-0.1, -0.05) is 0 Å². The first kappa shape index (κ1) is 15.4. The van der Waals surface area contributed by atoms with E-state index in [0.717, 1.165) is 12.1 Å². The van der Waals surface area contributed by atoms with E-state index in [1.807, 2.05) is 6.92 Å². The predicted molar refractivity (Wildman–Crippen MR) is 71.9 cm³/mol. The Morgan fingerprint density at radius 3 is 2.52 bits per heavy atom. The Balaban J connectivity index is 2.82. The molecule has 7 heteroatoms. The normalized spacial score (nSPS) is 13.6. The summed E-state index contributed by atoms with van der Waals surface area (Å²) in [5.41, 5.74) is 6.17. The molecule has 0 saturated heterocycles. The molecule has 1 heterocycles. The van der Waals surface area contributed by atoms with Crippen LogP contribution in [-0.2, 0) is 17.5 Å². The Hall–Kier alpha value is -2.02. The van der Waals surface area contributed by atoms with Gasteiger partial charge in [-0.2, -0.15) is 13.2 Å². The van der Waals surface area contributed by atoms with Crippen molar-refractivity contribution >= 4 is 16.9 Å². The zero-order valence-corrected chi connectivity index (χ0v) is 11.5. The molecule has 0 spiro atoms. The molecule has 0 aliphatic rings. The maximum Gasteiger partial charge on any atom is 0.416 e. The molecule has 0 fully saturated rings. The first-order valence-corrected chi connectivity index (χ1v) is 6.36. The van der Waals surface area contributed by atoms with Gasteiger partial charge < -0.3 is 15.4 Å². The van der Waals surface area contributed by atoms with Crippen molar-refractivity contribution in [1.29, 1.82) is 0 Å². The van der Waals surface area contributed by atoms with Crippen LogP contribution in [0.4, 0.5) is 13.2 Å². The van der Waals surface area contributed by atoms with Gasteiger partial charge in [0.1, 0.15) is 6.04 Å². The number of carboxylic acid groups (broad SMARTS) is 1. The number of nitrogens with zero attached hydrogens (tertiary/aromatic N) is 1. The van der Waals surface area contributed by atoms with E-state index in [1.165, 1.54) is 6.07 Å². The monoisotopic (exact) mass is 300 g/mol. The number of aliphatic carboxylic acids is 1. The summed E-state index contributed by atoms with van der Waals surface area (Å²) < 4.78 is 40.3. The lowest BCUT2D eigenvalue weighted by Crippen LogP contribution is -2.21. The molecule has 0 saturated carbocycles. The molecule has 114 valence electrons. The van der Waals surface area contributed by atoms with E-state index in [0.29, 0.717) is 17.8 Å². The van der Waals surface area contributed by atoms with Gasteiger partial charge in [-0.15, -0.1) is 0 Å². The van der Waals surface area contributed by atoms with E-state index in [4.69, 9.17) is 10.8 Å². The van der Waals surface area contributed by atoms with Crippen LogP contribution in [0.1, 0.15) is 29.8 Å². The Labute approximate surface area is 119 Å². The molecule has 21 heavy (non-hydrogen) atoms. The van der Waals surface area contributed by atoms with Gasteiger partial charge in [-0.05, 0) is 32.0 Å². The Kier molecular flexibility index (Phi) is 3.71. The molecule has 0 amide bonds. The van der Waals surface area contributed by atoms with Gasteiger partial charge >= 0.3 is 12.1 Å². The van der Waals surface area contributed by atoms with Crippen LogP contribution in [0.5, 0.6) is 0 Å². The number of aryl methyl sites for hydroxylation is 1. The summed E-state index contributed by atoms with van der Waals surface area (Å²) in [6.45, 7) is 4.01.